The molecule has 0 aromatic carbocycles. The van der Waals surface area contributed by atoms with Gasteiger partial charge in [-0.2, -0.15) is 0 Å². The molecule has 0 saturated carbocycles. The summed E-state index contributed by atoms with van der Waals surface area (Å²) in [6, 6.07) is 0. The van der Waals surface area contributed by atoms with Gasteiger partial charge in [-0.05, 0) is 51.0 Å². The minimum atomic E-state index is -0.310. The van der Waals surface area contributed by atoms with Crippen molar-refractivity contribution in [1.82, 2.24) is 0 Å². The molecule has 0 aromatic rings. The van der Waals surface area contributed by atoms with Crippen LogP contribution in [0.2, 0.25) is 0 Å². The van der Waals surface area contributed by atoms with Gasteiger partial charge in [0.2, 0.25) is 5.70 Å². The lowest BCUT2D eigenvalue weighted by Gasteiger charge is -1.93. The van der Waals surface area contributed by atoms with Crippen molar-refractivity contribution in [1.29, 1.82) is 0 Å². The predicted octanol–water partition coefficient (Wildman–Crippen LogP) is 6.40. The third-order valence-electron chi connectivity index (χ3n) is 3.63. The van der Waals surface area contributed by atoms with Crippen LogP contribution in [0.4, 0.5) is 0 Å². The first-order valence-electron chi connectivity index (χ1n) is 9.50. The molecular formula is C22H32NO3. The number of rotatable bonds is 16. The van der Waals surface area contributed by atoms with Gasteiger partial charge in [0.05, 0.1) is 11.3 Å². The molecule has 1 radical (unpaired) electrons. The molecule has 0 aliphatic rings. The van der Waals surface area contributed by atoms with Gasteiger partial charge in [-0.1, -0.05) is 62.0 Å². The summed E-state index contributed by atoms with van der Waals surface area (Å²) in [6.45, 7) is 1.90. The second kappa shape index (κ2) is 19.1. The maximum atomic E-state index is 10.8. The number of nitro groups is 1. The Hall–Kier alpha value is -2.23. The lowest BCUT2D eigenvalue weighted by atomic mass is 10.1. The van der Waals surface area contributed by atoms with Crippen molar-refractivity contribution in [3.63, 3.8) is 0 Å². The van der Waals surface area contributed by atoms with E-state index in [-0.39, 0.29) is 10.6 Å². The van der Waals surface area contributed by atoms with E-state index in [2.05, 4.69) is 36.5 Å². The van der Waals surface area contributed by atoms with Crippen LogP contribution in [-0.2, 0) is 4.79 Å². The van der Waals surface area contributed by atoms with Crippen molar-refractivity contribution in [2.45, 2.75) is 71.1 Å². The number of hydrogen-bond donors (Lipinski definition) is 0. The Morgan fingerprint density at radius 1 is 0.885 bits per heavy atom. The summed E-state index contributed by atoms with van der Waals surface area (Å²) in [4.78, 5) is 20.5. The van der Waals surface area contributed by atoms with Gasteiger partial charge in [-0.25, -0.2) is 0 Å². The van der Waals surface area contributed by atoms with Gasteiger partial charge < -0.3 is 0 Å². The van der Waals surface area contributed by atoms with Crippen LogP contribution in [0.25, 0.3) is 0 Å². The van der Waals surface area contributed by atoms with Crippen molar-refractivity contribution in [2.75, 3.05) is 0 Å². The molecule has 0 spiro atoms. The number of unbranched alkanes of at least 4 members (excludes halogenated alkanes) is 4. The van der Waals surface area contributed by atoms with Crippen LogP contribution in [0.3, 0.4) is 0 Å². The van der Waals surface area contributed by atoms with E-state index in [0.29, 0.717) is 19.3 Å². The van der Waals surface area contributed by atoms with Crippen LogP contribution in [0.5, 0.6) is 0 Å². The van der Waals surface area contributed by atoms with E-state index in [1.807, 2.05) is 25.4 Å². The van der Waals surface area contributed by atoms with Gasteiger partial charge in [0, 0.05) is 6.42 Å². The second-order valence-corrected chi connectivity index (χ2v) is 5.90. The van der Waals surface area contributed by atoms with Crippen molar-refractivity contribution in [3.05, 3.63) is 70.5 Å². The third kappa shape index (κ3) is 16.6. The Labute approximate surface area is 158 Å². The highest BCUT2D eigenvalue weighted by atomic mass is 16.6. The molecule has 0 rings (SSSR count). The van der Waals surface area contributed by atoms with Crippen molar-refractivity contribution >= 4 is 6.29 Å². The van der Waals surface area contributed by atoms with Gasteiger partial charge in [-0.3, -0.25) is 14.9 Å². The van der Waals surface area contributed by atoms with Crippen LogP contribution in [-0.4, -0.2) is 11.2 Å². The fraction of sp³-hybridized carbons (Fsp3) is 0.500. The first-order valence-corrected chi connectivity index (χ1v) is 9.50. The zero-order valence-corrected chi connectivity index (χ0v) is 15.9. The summed E-state index contributed by atoms with van der Waals surface area (Å²) < 4.78 is 0. The molecule has 0 atom stereocenters. The number of carbonyl (C=O) groups excluding carboxylic acids is 1. The van der Waals surface area contributed by atoms with Gasteiger partial charge in [0.1, 0.15) is 0 Å². The zero-order valence-electron chi connectivity index (χ0n) is 15.9. The minimum Gasteiger partial charge on any atom is -0.291 e. The molecule has 0 aromatic heterocycles. The lowest BCUT2D eigenvalue weighted by molar-refractivity contribution is -0.427. The van der Waals surface area contributed by atoms with Crippen LogP contribution in [0, 0.1) is 10.1 Å². The van der Waals surface area contributed by atoms with Crippen LogP contribution >= 0.6 is 0 Å². The van der Waals surface area contributed by atoms with E-state index in [0.717, 1.165) is 44.9 Å². The smallest absolute Gasteiger partial charge is 0.246 e. The largest absolute Gasteiger partial charge is 0.291 e. The Balaban J connectivity index is 3.66. The molecule has 4 heteroatoms. The van der Waals surface area contributed by atoms with Crippen LogP contribution in [0.15, 0.2) is 60.4 Å². The molecule has 0 amide bonds. The summed E-state index contributed by atoms with van der Waals surface area (Å²) in [7, 11) is 0. The van der Waals surface area contributed by atoms with Crippen molar-refractivity contribution < 1.29 is 9.72 Å². The zero-order chi connectivity index (χ0) is 19.3. The molecule has 0 bridgehead atoms. The molecule has 143 valence electrons. The predicted molar refractivity (Wildman–Crippen MR) is 109 cm³/mol. The number of allylic oxidation sites excluding steroid dienone is 9. The normalized spacial score (nSPS) is 12.9. The molecule has 0 aliphatic heterocycles. The molecule has 26 heavy (non-hydrogen) atoms. The highest BCUT2D eigenvalue weighted by Crippen LogP contribution is 2.06. The van der Waals surface area contributed by atoms with Gasteiger partial charge in [0.15, 0.2) is 6.29 Å². The quantitative estimate of drug-likeness (QED) is 0.139. The number of nitrogens with zero attached hydrogens (tertiary/aromatic N) is 1. The maximum absolute atomic E-state index is 10.8. The Kier molecular flexibility index (Phi) is 17.5. The van der Waals surface area contributed by atoms with E-state index in [4.69, 9.17) is 0 Å². The average molecular weight is 359 g/mol. The summed E-state index contributed by atoms with van der Waals surface area (Å²) in [5.41, 5.74) is 0.267. The summed E-state index contributed by atoms with van der Waals surface area (Å²) in [5, 5.41) is 10.8. The highest BCUT2D eigenvalue weighted by Gasteiger charge is 2.05. The fourth-order valence-electron chi connectivity index (χ4n) is 2.24. The van der Waals surface area contributed by atoms with Gasteiger partial charge >= 0.3 is 0 Å². The number of hydrogen-bond acceptors (Lipinski definition) is 3. The average Bonchev–Trinajstić information content (AvgIpc) is 2.63. The molecule has 0 unspecified atom stereocenters. The maximum Gasteiger partial charge on any atom is 0.246 e. The topological polar surface area (TPSA) is 60.2 Å². The highest BCUT2D eigenvalue weighted by molar-refractivity contribution is 5.50. The molecule has 0 fully saturated rings. The Morgan fingerprint density at radius 2 is 1.46 bits per heavy atom. The first-order chi connectivity index (χ1) is 12.7. The summed E-state index contributed by atoms with van der Waals surface area (Å²) in [5.74, 6) is 0. The molecule has 0 heterocycles. The van der Waals surface area contributed by atoms with Gasteiger partial charge in [0.25, 0.3) is 0 Å². The summed E-state index contributed by atoms with van der Waals surface area (Å²) >= 11 is 0. The minimum absolute atomic E-state index is 0.267. The van der Waals surface area contributed by atoms with Crippen LogP contribution in [0.1, 0.15) is 71.1 Å². The molecule has 0 N–H and O–H groups in total. The Bertz CT molecular complexity index is 513. The SMILES string of the molecule is CC/C=C(\C/C=C\C/C=C\C/C=C\C/C=C\CCCCC[C]=O)[N+](=O)[O-]. The van der Waals surface area contributed by atoms with Crippen molar-refractivity contribution in [2.24, 2.45) is 0 Å². The third-order valence-corrected chi connectivity index (χ3v) is 3.63. The van der Waals surface area contributed by atoms with E-state index in [1.54, 1.807) is 6.08 Å². The van der Waals surface area contributed by atoms with E-state index in [9.17, 15) is 14.9 Å². The van der Waals surface area contributed by atoms with E-state index in [1.165, 1.54) is 0 Å². The standard InChI is InChI=1S/C22H32NO3/c1-2-19-22(23(25)26)20-17-15-13-11-9-7-5-3-4-6-8-10-12-14-16-18-21-24/h3,5-6,8-9,11,15,17,19H,2,4,7,10,12-14,16,18,20H2,1H3/b5-3-,8-6-,11-9-,17-15-,22-19+. The Morgan fingerprint density at radius 3 is 2.00 bits per heavy atom. The van der Waals surface area contributed by atoms with Crippen molar-refractivity contribution in [3.8, 4) is 0 Å². The molecule has 0 saturated heterocycles. The molecule has 0 aliphatic carbocycles. The summed E-state index contributed by atoms with van der Waals surface area (Å²) in [6.07, 6.45) is 28.8. The fourth-order valence-corrected chi connectivity index (χ4v) is 2.24. The molecule has 4 nitrogen and oxygen atoms in total. The first kappa shape index (κ1) is 23.8. The van der Waals surface area contributed by atoms with E-state index >= 15 is 0 Å². The monoisotopic (exact) mass is 358 g/mol. The lowest BCUT2D eigenvalue weighted by Crippen LogP contribution is -1.96. The molecular weight excluding hydrogens is 326 g/mol. The van der Waals surface area contributed by atoms with Crippen LogP contribution < -0.4 is 0 Å². The van der Waals surface area contributed by atoms with E-state index < -0.39 is 0 Å². The van der Waals surface area contributed by atoms with Gasteiger partial charge in [-0.15, -0.1) is 0 Å². The second-order valence-electron chi connectivity index (χ2n) is 5.90.